The van der Waals surface area contributed by atoms with E-state index in [1.807, 2.05) is 18.2 Å². The first-order valence-corrected chi connectivity index (χ1v) is 9.58. The molecule has 1 aliphatic rings. The number of benzene rings is 1. The number of hydrogen-bond donors (Lipinski definition) is 2. The van der Waals surface area contributed by atoms with Gasteiger partial charge in [0.05, 0.1) is 13.2 Å². The number of nitrogens with zero attached hydrogens (tertiary/aromatic N) is 2. The smallest absolute Gasteiger partial charge is 0.191 e. The zero-order chi connectivity index (χ0) is 18.8. The SMILES string of the molecule is CN=C(NCc1ccccc1OCCN1CCOCC1)NC(C)C(C)C.I. The number of guanidine groups is 1. The summed E-state index contributed by atoms with van der Waals surface area (Å²) >= 11 is 0. The van der Waals surface area contributed by atoms with E-state index in [1.54, 1.807) is 7.05 Å². The van der Waals surface area contributed by atoms with Crippen molar-refractivity contribution in [3.8, 4) is 5.75 Å². The highest BCUT2D eigenvalue weighted by Crippen LogP contribution is 2.17. The Morgan fingerprint density at radius 2 is 1.93 bits per heavy atom. The molecule has 154 valence electrons. The quantitative estimate of drug-likeness (QED) is 0.334. The number of nitrogens with one attached hydrogen (secondary N) is 2. The van der Waals surface area contributed by atoms with Crippen LogP contribution in [0.25, 0.3) is 0 Å². The van der Waals surface area contributed by atoms with Crippen LogP contribution in [0.1, 0.15) is 26.3 Å². The topological polar surface area (TPSA) is 58.1 Å². The highest BCUT2D eigenvalue weighted by Gasteiger charge is 2.12. The molecule has 1 unspecified atom stereocenters. The van der Waals surface area contributed by atoms with Gasteiger partial charge in [-0.1, -0.05) is 32.0 Å². The molecule has 27 heavy (non-hydrogen) atoms. The second kappa shape index (κ2) is 13.2. The Bertz CT molecular complexity index is 563. The number of hydrogen-bond acceptors (Lipinski definition) is 4. The minimum Gasteiger partial charge on any atom is -0.492 e. The van der Waals surface area contributed by atoms with Crippen LogP contribution in [0.5, 0.6) is 5.75 Å². The molecule has 0 aromatic heterocycles. The third-order valence-electron chi connectivity index (χ3n) is 4.78. The monoisotopic (exact) mass is 490 g/mol. The van der Waals surface area contributed by atoms with Crippen molar-refractivity contribution < 1.29 is 9.47 Å². The van der Waals surface area contributed by atoms with E-state index >= 15 is 0 Å². The fraction of sp³-hybridized carbons (Fsp3) is 0.650. The molecule has 6 nitrogen and oxygen atoms in total. The largest absolute Gasteiger partial charge is 0.492 e. The van der Waals surface area contributed by atoms with Crippen LogP contribution in [0.3, 0.4) is 0 Å². The minimum absolute atomic E-state index is 0. The lowest BCUT2D eigenvalue weighted by molar-refractivity contribution is 0.0322. The Morgan fingerprint density at radius 3 is 2.59 bits per heavy atom. The van der Waals surface area contributed by atoms with Crippen molar-refractivity contribution in [2.24, 2.45) is 10.9 Å². The summed E-state index contributed by atoms with van der Waals surface area (Å²) in [6.45, 7) is 12.5. The molecule has 0 saturated carbocycles. The zero-order valence-electron chi connectivity index (χ0n) is 17.0. The zero-order valence-corrected chi connectivity index (χ0v) is 19.4. The molecule has 1 aromatic rings. The van der Waals surface area contributed by atoms with E-state index in [-0.39, 0.29) is 24.0 Å². The Hall–Kier alpha value is -1.06. The molecule has 1 heterocycles. The molecule has 1 fully saturated rings. The van der Waals surface area contributed by atoms with E-state index in [4.69, 9.17) is 9.47 Å². The maximum absolute atomic E-state index is 6.04. The van der Waals surface area contributed by atoms with Crippen LogP contribution in [-0.2, 0) is 11.3 Å². The molecule has 0 bridgehead atoms. The van der Waals surface area contributed by atoms with Crippen molar-refractivity contribution in [2.45, 2.75) is 33.4 Å². The predicted molar refractivity (Wildman–Crippen MR) is 122 cm³/mol. The van der Waals surface area contributed by atoms with Crippen molar-refractivity contribution in [1.82, 2.24) is 15.5 Å². The first kappa shape index (κ1) is 24.0. The average molecular weight is 490 g/mol. The minimum atomic E-state index is 0. The lowest BCUT2D eigenvalue weighted by Gasteiger charge is -2.26. The van der Waals surface area contributed by atoms with Gasteiger partial charge >= 0.3 is 0 Å². The number of rotatable bonds is 8. The van der Waals surface area contributed by atoms with Crippen LogP contribution in [-0.4, -0.2) is 63.4 Å². The van der Waals surface area contributed by atoms with Crippen molar-refractivity contribution in [2.75, 3.05) is 46.5 Å². The summed E-state index contributed by atoms with van der Waals surface area (Å²) in [6.07, 6.45) is 0. The van der Waals surface area contributed by atoms with Crippen LogP contribution >= 0.6 is 24.0 Å². The first-order valence-electron chi connectivity index (χ1n) is 9.58. The Labute approximate surface area is 181 Å². The number of morpholine rings is 1. The fourth-order valence-electron chi connectivity index (χ4n) is 2.66. The maximum atomic E-state index is 6.04. The first-order chi connectivity index (χ1) is 12.6. The van der Waals surface area contributed by atoms with E-state index < -0.39 is 0 Å². The summed E-state index contributed by atoms with van der Waals surface area (Å²) in [5.41, 5.74) is 1.13. The molecule has 0 radical (unpaired) electrons. The number of ether oxygens (including phenoxy) is 2. The summed E-state index contributed by atoms with van der Waals surface area (Å²) < 4.78 is 11.4. The van der Waals surface area contributed by atoms with Crippen LogP contribution in [0.15, 0.2) is 29.3 Å². The third-order valence-corrected chi connectivity index (χ3v) is 4.78. The van der Waals surface area contributed by atoms with Crippen LogP contribution in [0, 0.1) is 5.92 Å². The lowest BCUT2D eigenvalue weighted by Crippen LogP contribution is -2.43. The van der Waals surface area contributed by atoms with E-state index in [1.165, 1.54) is 0 Å². The van der Waals surface area contributed by atoms with E-state index in [0.717, 1.165) is 50.1 Å². The molecule has 1 aromatic carbocycles. The van der Waals surface area contributed by atoms with Gasteiger partial charge in [0.25, 0.3) is 0 Å². The molecule has 0 amide bonds. The van der Waals surface area contributed by atoms with Gasteiger partial charge in [-0.15, -0.1) is 24.0 Å². The van der Waals surface area contributed by atoms with Crippen LogP contribution in [0.2, 0.25) is 0 Å². The molecule has 1 atom stereocenters. The van der Waals surface area contributed by atoms with Gasteiger partial charge in [0.1, 0.15) is 12.4 Å². The molecule has 7 heteroatoms. The van der Waals surface area contributed by atoms with Gasteiger partial charge in [-0.2, -0.15) is 0 Å². The highest BCUT2D eigenvalue weighted by molar-refractivity contribution is 14.0. The standard InChI is InChI=1S/C20H34N4O2.HI/c1-16(2)17(3)23-20(21-4)22-15-18-7-5-6-8-19(18)26-14-11-24-9-12-25-13-10-24;/h5-8,16-17H,9-15H2,1-4H3,(H2,21,22,23);1H. The van der Waals surface area contributed by atoms with E-state index in [2.05, 4.69) is 47.4 Å². The molecule has 1 saturated heterocycles. The average Bonchev–Trinajstić information content (AvgIpc) is 2.66. The molecule has 1 aliphatic heterocycles. The van der Waals surface area contributed by atoms with E-state index in [9.17, 15) is 0 Å². The second-order valence-electron chi connectivity index (χ2n) is 7.01. The van der Waals surface area contributed by atoms with Crippen LogP contribution < -0.4 is 15.4 Å². The van der Waals surface area contributed by atoms with Gasteiger partial charge in [-0.25, -0.2) is 0 Å². The van der Waals surface area contributed by atoms with Gasteiger partial charge in [-0.3, -0.25) is 9.89 Å². The number of halogens is 1. The van der Waals surface area contributed by atoms with Crippen molar-refractivity contribution >= 4 is 29.9 Å². The van der Waals surface area contributed by atoms with Crippen molar-refractivity contribution in [3.63, 3.8) is 0 Å². The summed E-state index contributed by atoms with van der Waals surface area (Å²) in [4.78, 5) is 6.69. The van der Waals surface area contributed by atoms with Gasteiger partial charge < -0.3 is 20.1 Å². The van der Waals surface area contributed by atoms with Gasteiger partial charge in [0.2, 0.25) is 0 Å². The Morgan fingerprint density at radius 1 is 1.22 bits per heavy atom. The Kier molecular flexibility index (Phi) is 11.7. The molecular weight excluding hydrogens is 455 g/mol. The Balaban J connectivity index is 0.00000364. The number of aliphatic imine (C=N–C) groups is 1. The van der Waals surface area contributed by atoms with Gasteiger partial charge in [0, 0.05) is 44.8 Å². The lowest BCUT2D eigenvalue weighted by atomic mass is 10.1. The third kappa shape index (κ3) is 8.66. The van der Waals surface area contributed by atoms with E-state index in [0.29, 0.717) is 25.1 Å². The molecule has 0 aliphatic carbocycles. The summed E-state index contributed by atoms with van der Waals surface area (Å²) in [5.74, 6) is 2.29. The second-order valence-corrected chi connectivity index (χ2v) is 7.01. The van der Waals surface area contributed by atoms with Crippen molar-refractivity contribution in [1.29, 1.82) is 0 Å². The predicted octanol–water partition coefficient (Wildman–Crippen LogP) is 2.73. The molecular formula is C20H35IN4O2. The summed E-state index contributed by atoms with van der Waals surface area (Å²) in [5, 5.41) is 6.81. The maximum Gasteiger partial charge on any atom is 0.191 e. The van der Waals surface area contributed by atoms with Crippen LogP contribution in [0.4, 0.5) is 0 Å². The van der Waals surface area contributed by atoms with Crippen molar-refractivity contribution in [3.05, 3.63) is 29.8 Å². The highest BCUT2D eigenvalue weighted by atomic mass is 127. The molecule has 0 spiro atoms. The molecule has 2 N–H and O–H groups in total. The number of para-hydroxylation sites is 1. The summed E-state index contributed by atoms with van der Waals surface area (Å²) in [6, 6.07) is 8.54. The van der Waals surface area contributed by atoms with Gasteiger partial charge in [0.15, 0.2) is 5.96 Å². The normalized spacial score (nSPS) is 16.6. The van der Waals surface area contributed by atoms with Gasteiger partial charge in [-0.05, 0) is 18.9 Å². The molecule has 2 rings (SSSR count). The fourth-order valence-corrected chi connectivity index (χ4v) is 2.66. The summed E-state index contributed by atoms with van der Waals surface area (Å²) in [7, 11) is 1.80.